The molecule has 0 amide bonds. The highest BCUT2D eigenvalue weighted by molar-refractivity contribution is 5.87. The average Bonchev–Trinajstić information content (AvgIpc) is 2.51. The van der Waals surface area contributed by atoms with Crippen LogP contribution in [0.5, 0.6) is 0 Å². The maximum atomic E-state index is 10.2. The Balaban J connectivity index is 0.000000300. The van der Waals surface area contributed by atoms with Crippen molar-refractivity contribution in [3.63, 3.8) is 0 Å². The molecule has 2 rings (SSSR count). The average molecular weight is 287 g/mol. The first-order valence-corrected chi connectivity index (χ1v) is 6.64. The molecular weight excluding hydrogens is 266 g/mol. The SMILES string of the molecule is CCCC=O.Nc1ccccc1.O=C(O)c1ccccc1. The van der Waals surface area contributed by atoms with Crippen molar-refractivity contribution in [3.05, 3.63) is 66.2 Å². The fraction of sp³-hybridized carbons (Fsp3) is 0.176. The summed E-state index contributed by atoms with van der Waals surface area (Å²) in [5.74, 6) is -0.879. The predicted octanol–water partition coefficient (Wildman–Crippen LogP) is 3.64. The number of hydrogen-bond donors (Lipinski definition) is 2. The van der Waals surface area contributed by atoms with Crippen LogP contribution in [0.1, 0.15) is 30.1 Å². The summed E-state index contributed by atoms with van der Waals surface area (Å²) in [4.78, 5) is 19.6. The zero-order valence-corrected chi connectivity index (χ0v) is 12.1. The largest absolute Gasteiger partial charge is 0.478 e. The van der Waals surface area contributed by atoms with Crippen molar-refractivity contribution in [1.82, 2.24) is 0 Å². The zero-order chi connectivity index (χ0) is 15.9. The maximum absolute atomic E-state index is 10.2. The molecule has 2 aromatic rings. The Hall–Kier alpha value is -2.62. The number of para-hydroxylation sites is 1. The molecule has 4 nitrogen and oxygen atoms in total. The van der Waals surface area contributed by atoms with E-state index < -0.39 is 5.97 Å². The van der Waals surface area contributed by atoms with Crippen molar-refractivity contribution in [2.75, 3.05) is 5.73 Å². The van der Waals surface area contributed by atoms with Crippen molar-refractivity contribution >= 4 is 17.9 Å². The van der Waals surface area contributed by atoms with Gasteiger partial charge in [-0.25, -0.2) is 4.79 Å². The second kappa shape index (κ2) is 12.4. The molecule has 3 N–H and O–H groups in total. The number of rotatable bonds is 3. The summed E-state index contributed by atoms with van der Waals surface area (Å²) in [6.45, 7) is 1.98. The van der Waals surface area contributed by atoms with Crippen molar-refractivity contribution in [3.8, 4) is 0 Å². The topological polar surface area (TPSA) is 80.4 Å². The lowest BCUT2D eigenvalue weighted by atomic mass is 10.2. The van der Waals surface area contributed by atoms with E-state index in [4.69, 9.17) is 10.8 Å². The lowest BCUT2D eigenvalue weighted by Crippen LogP contribution is -1.93. The molecule has 0 atom stereocenters. The summed E-state index contributed by atoms with van der Waals surface area (Å²) >= 11 is 0. The van der Waals surface area contributed by atoms with Gasteiger partial charge in [0.25, 0.3) is 0 Å². The molecule has 112 valence electrons. The first-order valence-electron chi connectivity index (χ1n) is 6.64. The standard InChI is InChI=1S/C7H6O2.C6H7N.C4H8O/c8-7(9)6-4-2-1-3-5-6;7-6-4-2-1-3-5-6;1-2-3-4-5/h1-5H,(H,8,9);1-5H,7H2;4H,2-3H2,1H3. The minimum absolute atomic E-state index is 0.331. The van der Waals surface area contributed by atoms with E-state index >= 15 is 0 Å². The molecule has 0 unspecified atom stereocenters. The van der Waals surface area contributed by atoms with E-state index in [-0.39, 0.29) is 0 Å². The van der Waals surface area contributed by atoms with Crippen LogP contribution in [0.3, 0.4) is 0 Å². The van der Waals surface area contributed by atoms with E-state index in [1.54, 1.807) is 30.3 Å². The quantitative estimate of drug-likeness (QED) is 0.667. The molecule has 2 aromatic carbocycles. The normalized spacial score (nSPS) is 8.43. The molecule has 0 bridgehead atoms. The molecule has 0 spiro atoms. The van der Waals surface area contributed by atoms with E-state index in [1.807, 2.05) is 37.3 Å². The molecule has 0 heterocycles. The number of aromatic carboxylic acids is 1. The van der Waals surface area contributed by atoms with E-state index in [0.29, 0.717) is 12.0 Å². The van der Waals surface area contributed by atoms with Gasteiger partial charge in [0, 0.05) is 12.1 Å². The smallest absolute Gasteiger partial charge is 0.335 e. The van der Waals surface area contributed by atoms with Crippen LogP contribution in [0.15, 0.2) is 60.7 Å². The lowest BCUT2D eigenvalue weighted by Gasteiger charge is -1.88. The molecule has 0 saturated carbocycles. The number of carbonyl (C=O) groups is 2. The van der Waals surface area contributed by atoms with Crippen LogP contribution >= 0.6 is 0 Å². The number of hydrogen-bond acceptors (Lipinski definition) is 3. The first kappa shape index (κ1) is 18.4. The van der Waals surface area contributed by atoms with Gasteiger partial charge < -0.3 is 15.6 Å². The predicted molar refractivity (Wildman–Crippen MR) is 85.2 cm³/mol. The number of aldehydes is 1. The van der Waals surface area contributed by atoms with Crippen LogP contribution in [-0.2, 0) is 4.79 Å². The van der Waals surface area contributed by atoms with E-state index in [2.05, 4.69) is 0 Å². The number of carboxylic acid groups (broad SMARTS) is 1. The Kier molecular flexibility index (Phi) is 10.9. The Labute approximate surface area is 125 Å². The number of carbonyl (C=O) groups excluding carboxylic acids is 1. The third kappa shape index (κ3) is 10.9. The zero-order valence-electron chi connectivity index (χ0n) is 12.1. The van der Waals surface area contributed by atoms with E-state index in [0.717, 1.165) is 18.4 Å². The summed E-state index contributed by atoms with van der Waals surface area (Å²) in [7, 11) is 0. The maximum Gasteiger partial charge on any atom is 0.335 e. The van der Waals surface area contributed by atoms with Gasteiger partial charge >= 0.3 is 5.97 Å². The number of unbranched alkanes of at least 4 members (excludes halogenated alkanes) is 1. The summed E-state index contributed by atoms with van der Waals surface area (Å²) in [5, 5.41) is 8.38. The van der Waals surface area contributed by atoms with Gasteiger partial charge in [-0.05, 0) is 30.7 Å². The van der Waals surface area contributed by atoms with Gasteiger partial charge in [-0.1, -0.05) is 43.3 Å². The van der Waals surface area contributed by atoms with Gasteiger partial charge in [0.2, 0.25) is 0 Å². The lowest BCUT2D eigenvalue weighted by molar-refractivity contribution is -0.107. The van der Waals surface area contributed by atoms with Crippen molar-refractivity contribution in [1.29, 1.82) is 0 Å². The van der Waals surface area contributed by atoms with Crippen molar-refractivity contribution in [2.45, 2.75) is 19.8 Å². The Bertz CT molecular complexity index is 498. The highest BCUT2D eigenvalue weighted by Crippen LogP contribution is 1.96. The first-order chi connectivity index (χ1) is 10.1. The van der Waals surface area contributed by atoms with Crippen LogP contribution in [0.4, 0.5) is 5.69 Å². The molecule has 0 aliphatic rings. The summed E-state index contributed by atoms with van der Waals surface area (Å²) in [5.41, 5.74) is 6.51. The molecule has 0 radical (unpaired) electrons. The Morgan fingerprint density at radius 3 is 1.71 bits per heavy atom. The third-order valence-electron chi connectivity index (χ3n) is 2.23. The molecule has 0 saturated heterocycles. The highest BCUT2D eigenvalue weighted by Gasteiger charge is 1.96. The summed E-state index contributed by atoms with van der Waals surface area (Å²) in [6.07, 6.45) is 2.61. The van der Waals surface area contributed by atoms with Crippen molar-refractivity contribution < 1.29 is 14.7 Å². The van der Waals surface area contributed by atoms with E-state index in [9.17, 15) is 9.59 Å². The summed E-state index contributed by atoms with van der Waals surface area (Å²) < 4.78 is 0. The molecule has 0 fully saturated rings. The molecular formula is C17H21NO3. The number of carboxylic acids is 1. The van der Waals surface area contributed by atoms with E-state index in [1.165, 1.54) is 0 Å². The van der Waals surface area contributed by atoms with Crippen LogP contribution in [-0.4, -0.2) is 17.4 Å². The highest BCUT2D eigenvalue weighted by atomic mass is 16.4. The summed E-state index contributed by atoms with van der Waals surface area (Å²) in [6, 6.07) is 17.8. The minimum Gasteiger partial charge on any atom is -0.478 e. The van der Waals surface area contributed by atoms with Gasteiger partial charge in [-0.2, -0.15) is 0 Å². The second-order valence-corrected chi connectivity index (χ2v) is 4.04. The fourth-order valence-electron chi connectivity index (χ4n) is 1.15. The minimum atomic E-state index is -0.879. The monoisotopic (exact) mass is 287 g/mol. The van der Waals surface area contributed by atoms with Gasteiger partial charge in [-0.3, -0.25) is 0 Å². The molecule has 4 heteroatoms. The Morgan fingerprint density at radius 1 is 1.05 bits per heavy atom. The molecule has 21 heavy (non-hydrogen) atoms. The number of anilines is 1. The second-order valence-electron chi connectivity index (χ2n) is 4.04. The van der Waals surface area contributed by atoms with Gasteiger partial charge in [-0.15, -0.1) is 0 Å². The molecule has 0 aromatic heterocycles. The number of nitrogens with two attached hydrogens (primary N) is 1. The van der Waals surface area contributed by atoms with Crippen LogP contribution < -0.4 is 5.73 Å². The molecule has 0 aliphatic carbocycles. The van der Waals surface area contributed by atoms with Gasteiger partial charge in [0.15, 0.2) is 0 Å². The van der Waals surface area contributed by atoms with Crippen molar-refractivity contribution in [2.24, 2.45) is 0 Å². The van der Waals surface area contributed by atoms with Crippen LogP contribution in [0.2, 0.25) is 0 Å². The fourth-order valence-corrected chi connectivity index (χ4v) is 1.15. The Morgan fingerprint density at radius 2 is 1.52 bits per heavy atom. The third-order valence-corrected chi connectivity index (χ3v) is 2.23. The van der Waals surface area contributed by atoms with Gasteiger partial charge in [0.1, 0.15) is 6.29 Å². The van der Waals surface area contributed by atoms with Crippen LogP contribution in [0.25, 0.3) is 0 Å². The van der Waals surface area contributed by atoms with Gasteiger partial charge in [0.05, 0.1) is 5.56 Å². The molecule has 0 aliphatic heterocycles. The van der Waals surface area contributed by atoms with Crippen LogP contribution in [0, 0.1) is 0 Å². The number of nitrogen functional groups attached to an aromatic ring is 1. The number of benzene rings is 2.